The van der Waals surface area contributed by atoms with Crippen molar-refractivity contribution in [3.05, 3.63) is 0 Å². The van der Waals surface area contributed by atoms with Crippen LogP contribution in [0.5, 0.6) is 0 Å². The van der Waals surface area contributed by atoms with E-state index in [-0.39, 0.29) is 12.4 Å². The molecule has 1 heterocycles. The number of sulfonamides is 1. The van der Waals surface area contributed by atoms with Gasteiger partial charge in [0.1, 0.15) is 0 Å². The summed E-state index contributed by atoms with van der Waals surface area (Å²) in [7, 11) is -3.04. The van der Waals surface area contributed by atoms with Gasteiger partial charge in [-0.05, 0) is 50.6 Å². The molecule has 19 heavy (non-hydrogen) atoms. The fourth-order valence-corrected chi connectivity index (χ4v) is 4.60. The van der Waals surface area contributed by atoms with Crippen LogP contribution >= 0.6 is 12.4 Å². The minimum atomic E-state index is -3.04. The fraction of sp³-hybridized carbons (Fsp3) is 1.00. The highest BCUT2D eigenvalue weighted by Crippen LogP contribution is 2.24. The quantitative estimate of drug-likeness (QED) is 0.788. The van der Waals surface area contributed by atoms with E-state index in [1.165, 1.54) is 25.7 Å². The Morgan fingerprint density at radius 3 is 2.42 bits per heavy atom. The third-order valence-corrected chi connectivity index (χ3v) is 5.77. The van der Waals surface area contributed by atoms with Crippen molar-refractivity contribution in [2.45, 2.75) is 44.9 Å². The Hall–Kier alpha value is 0.160. The van der Waals surface area contributed by atoms with Crippen molar-refractivity contribution in [3.8, 4) is 0 Å². The minimum Gasteiger partial charge on any atom is -0.316 e. The molecule has 2 N–H and O–H groups in total. The number of rotatable bonds is 6. The molecule has 0 bridgehead atoms. The van der Waals surface area contributed by atoms with Crippen LogP contribution in [0.1, 0.15) is 44.9 Å². The van der Waals surface area contributed by atoms with E-state index in [0.29, 0.717) is 24.1 Å². The van der Waals surface area contributed by atoms with Crippen molar-refractivity contribution < 1.29 is 8.42 Å². The molecule has 2 aliphatic rings. The van der Waals surface area contributed by atoms with Gasteiger partial charge in [0.2, 0.25) is 10.0 Å². The monoisotopic (exact) mass is 310 g/mol. The predicted octanol–water partition coefficient (Wildman–Crippen LogP) is 1.91. The molecule has 1 unspecified atom stereocenters. The lowest BCUT2D eigenvalue weighted by Crippen LogP contribution is -2.32. The molecule has 4 nitrogen and oxygen atoms in total. The Balaban J connectivity index is 0.00000180. The molecule has 0 aromatic carbocycles. The topological polar surface area (TPSA) is 58.2 Å². The van der Waals surface area contributed by atoms with Crippen molar-refractivity contribution in [1.29, 1.82) is 0 Å². The molecule has 6 heteroatoms. The second kappa shape index (κ2) is 8.45. The van der Waals surface area contributed by atoms with Crippen molar-refractivity contribution in [1.82, 2.24) is 10.0 Å². The Bertz CT molecular complexity index is 337. The average molecular weight is 311 g/mol. The number of nitrogens with one attached hydrogen (secondary N) is 2. The number of hydrogen-bond acceptors (Lipinski definition) is 3. The van der Waals surface area contributed by atoms with Crippen LogP contribution in [0.3, 0.4) is 0 Å². The molecule has 0 radical (unpaired) electrons. The van der Waals surface area contributed by atoms with Gasteiger partial charge in [0.15, 0.2) is 0 Å². The molecule has 1 aliphatic carbocycles. The van der Waals surface area contributed by atoms with Gasteiger partial charge in [0.05, 0.1) is 5.75 Å². The molecular weight excluding hydrogens is 284 g/mol. The van der Waals surface area contributed by atoms with Crippen LogP contribution in [0, 0.1) is 11.8 Å². The van der Waals surface area contributed by atoms with Crippen LogP contribution < -0.4 is 10.0 Å². The number of hydrogen-bond donors (Lipinski definition) is 2. The minimum absolute atomic E-state index is 0. The highest BCUT2D eigenvalue weighted by Gasteiger charge is 2.21. The van der Waals surface area contributed by atoms with Gasteiger partial charge in [-0.25, -0.2) is 13.1 Å². The summed E-state index contributed by atoms with van der Waals surface area (Å²) in [6.45, 7) is 2.74. The first-order valence-electron chi connectivity index (χ1n) is 7.34. The van der Waals surface area contributed by atoms with Crippen molar-refractivity contribution >= 4 is 22.4 Å². The molecule has 2 rings (SSSR count). The molecule has 0 spiro atoms. The average Bonchev–Trinajstić information content (AvgIpc) is 2.82. The Morgan fingerprint density at radius 2 is 1.79 bits per heavy atom. The summed E-state index contributed by atoms with van der Waals surface area (Å²) in [5.74, 6) is 1.39. The lowest BCUT2D eigenvalue weighted by atomic mass is 9.91. The van der Waals surface area contributed by atoms with E-state index in [1.54, 1.807) is 0 Å². The molecule has 1 atom stereocenters. The summed E-state index contributed by atoms with van der Waals surface area (Å²) < 4.78 is 26.7. The molecule has 1 aliphatic heterocycles. The van der Waals surface area contributed by atoms with Gasteiger partial charge in [-0.2, -0.15) is 0 Å². The van der Waals surface area contributed by atoms with Gasteiger partial charge >= 0.3 is 0 Å². The fourth-order valence-electron chi connectivity index (χ4n) is 3.10. The predicted molar refractivity (Wildman–Crippen MR) is 81.2 cm³/mol. The summed E-state index contributed by atoms with van der Waals surface area (Å²) in [4.78, 5) is 0. The van der Waals surface area contributed by atoms with Crippen LogP contribution in [-0.4, -0.2) is 33.8 Å². The van der Waals surface area contributed by atoms with E-state index in [0.717, 1.165) is 32.4 Å². The van der Waals surface area contributed by atoms with E-state index >= 15 is 0 Å². The highest BCUT2D eigenvalue weighted by molar-refractivity contribution is 7.89. The largest absolute Gasteiger partial charge is 0.316 e. The smallest absolute Gasteiger partial charge is 0.211 e. The molecular formula is C13H27ClN2O2S. The van der Waals surface area contributed by atoms with Gasteiger partial charge in [0.25, 0.3) is 0 Å². The van der Waals surface area contributed by atoms with E-state index in [1.807, 2.05) is 0 Å². The van der Waals surface area contributed by atoms with Crippen molar-refractivity contribution in [2.24, 2.45) is 11.8 Å². The second-order valence-corrected chi connectivity index (χ2v) is 7.68. The molecule has 0 aromatic heterocycles. The summed E-state index contributed by atoms with van der Waals surface area (Å²) in [5.41, 5.74) is 0. The maximum atomic E-state index is 11.9. The first-order chi connectivity index (χ1) is 8.66. The standard InChI is InChI=1S/C13H26N2O2S.ClH/c16-18(17,11-13-4-2-1-3-5-13)15-9-7-12-6-8-14-10-12;/h12-15H,1-11H2;1H. The highest BCUT2D eigenvalue weighted by atomic mass is 35.5. The van der Waals surface area contributed by atoms with Crippen molar-refractivity contribution in [2.75, 3.05) is 25.4 Å². The molecule has 0 aromatic rings. The normalized spacial score (nSPS) is 25.2. The lowest BCUT2D eigenvalue weighted by molar-refractivity contribution is 0.383. The Labute approximate surface area is 123 Å². The molecule has 1 saturated carbocycles. The summed E-state index contributed by atoms with van der Waals surface area (Å²) in [6, 6.07) is 0. The summed E-state index contributed by atoms with van der Waals surface area (Å²) in [6.07, 6.45) is 8.02. The molecule has 1 saturated heterocycles. The van der Waals surface area contributed by atoms with Crippen LogP contribution in [0.4, 0.5) is 0 Å². The lowest BCUT2D eigenvalue weighted by Gasteiger charge is -2.21. The third kappa shape index (κ3) is 6.43. The van der Waals surface area contributed by atoms with Crippen LogP contribution in [0.25, 0.3) is 0 Å². The maximum absolute atomic E-state index is 11.9. The van der Waals surface area contributed by atoms with E-state index in [2.05, 4.69) is 10.0 Å². The zero-order chi connectivity index (χ0) is 12.8. The summed E-state index contributed by atoms with van der Waals surface area (Å²) >= 11 is 0. The SMILES string of the molecule is Cl.O=S(=O)(CC1CCCCC1)NCCC1CCNC1. The zero-order valence-corrected chi connectivity index (χ0v) is 13.2. The van der Waals surface area contributed by atoms with E-state index < -0.39 is 10.0 Å². The molecule has 114 valence electrons. The van der Waals surface area contributed by atoms with E-state index in [9.17, 15) is 8.42 Å². The van der Waals surface area contributed by atoms with E-state index in [4.69, 9.17) is 0 Å². The van der Waals surface area contributed by atoms with Crippen LogP contribution in [0.15, 0.2) is 0 Å². The maximum Gasteiger partial charge on any atom is 0.211 e. The molecule has 2 fully saturated rings. The third-order valence-electron chi connectivity index (χ3n) is 4.22. The van der Waals surface area contributed by atoms with Gasteiger partial charge in [-0.1, -0.05) is 19.3 Å². The molecule has 0 amide bonds. The summed E-state index contributed by atoms with van der Waals surface area (Å²) in [5, 5.41) is 3.31. The number of halogens is 1. The second-order valence-electron chi connectivity index (χ2n) is 5.83. The first kappa shape index (κ1) is 17.2. The van der Waals surface area contributed by atoms with Crippen molar-refractivity contribution in [3.63, 3.8) is 0 Å². The van der Waals surface area contributed by atoms with Crippen LogP contribution in [0.2, 0.25) is 0 Å². The zero-order valence-electron chi connectivity index (χ0n) is 11.6. The Morgan fingerprint density at radius 1 is 1.05 bits per heavy atom. The van der Waals surface area contributed by atoms with Crippen LogP contribution in [-0.2, 0) is 10.0 Å². The van der Waals surface area contributed by atoms with Gasteiger partial charge in [-0.3, -0.25) is 0 Å². The van der Waals surface area contributed by atoms with Gasteiger partial charge in [-0.15, -0.1) is 12.4 Å². The van der Waals surface area contributed by atoms with Gasteiger partial charge in [0, 0.05) is 6.54 Å². The Kier molecular flexibility index (Phi) is 7.65. The first-order valence-corrected chi connectivity index (χ1v) is 8.99. The van der Waals surface area contributed by atoms with Gasteiger partial charge < -0.3 is 5.32 Å².